The van der Waals surface area contributed by atoms with Crippen molar-refractivity contribution >= 4 is 40.6 Å². The normalized spacial score (nSPS) is 10.8. The molecule has 0 atom stereocenters. The molecule has 0 saturated heterocycles. The van der Waals surface area contributed by atoms with E-state index in [2.05, 4.69) is 17.3 Å². The summed E-state index contributed by atoms with van der Waals surface area (Å²) in [5.74, 6) is -4.05. The van der Waals surface area contributed by atoms with Gasteiger partial charge in [-0.05, 0) is 49.1 Å². The molecule has 0 saturated carbocycles. The molecule has 1 amide bonds. The lowest BCUT2D eigenvalue weighted by molar-refractivity contribution is -0.192. The van der Waals surface area contributed by atoms with E-state index in [0.29, 0.717) is 22.8 Å². The van der Waals surface area contributed by atoms with Crippen LogP contribution in [0.1, 0.15) is 44.8 Å². The fourth-order valence-electron chi connectivity index (χ4n) is 3.18. The van der Waals surface area contributed by atoms with Gasteiger partial charge in [0.15, 0.2) is 0 Å². The van der Waals surface area contributed by atoms with Gasteiger partial charge >= 0.3 is 18.1 Å². The van der Waals surface area contributed by atoms with E-state index >= 15 is 0 Å². The lowest BCUT2D eigenvalue weighted by Crippen LogP contribution is -2.22. The minimum absolute atomic E-state index is 0.134. The first kappa shape index (κ1) is 28.4. The number of halogens is 3. The van der Waals surface area contributed by atoms with Crippen LogP contribution in [-0.4, -0.2) is 51.1 Å². The molecule has 194 valence electrons. The van der Waals surface area contributed by atoms with Gasteiger partial charge in [0.05, 0.1) is 34.1 Å². The number of hydrogen-bond acceptors (Lipinski definition) is 6. The molecule has 9 nitrogen and oxygen atoms in total. The number of carboxylic acid groups (broad SMARTS) is 2. The number of nitrogens with one attached hydrogen (secondary N) is 1. The van der Waals surface area contributed by atoms with E-state index in [-0.39, 0.29) is 11.5 Å². The fraction of sp³-hybridized carbons (Fsp3) is 0.304. The van der Waals surface area contributed by atoms with Crippen molar-refractivity contribution in [2.24, 2.45) is 0 Å². The lowest BCUT2D eigenvalue weighted by Gasteiger charge is -2.22. The number of hydrogen-bond donors (Lipinski definition) is 3. The summed E-state index contributed by atoms with van der Waals surface area (Å²) in [5, 5.41) is 25.9. The monoisotopic (exact) mass is 526 g/mol. The van der Waals surface area contributed by atoms with E-state index < -0.39 is 18.1 Å². The Morgan fingerprint density at radius 1 is 1.17 bits per heavy atom. The number of aryl methyl sites for hydroxylation is 2. The Labute approximate surface area is 208 Å². The summed E-state index contributed by atoms with van der Waals surface area (Å²) in [6.07, 6.45) is -4.11. The Morgan fingerprint density at radius 3 is 2.36 bits per heavy atom. The highest BCUT2D eigenvalue weighted by Crippen LogP contribution is 2.26. The van der Waals surface area contributed by atoms with Gasteiger partial charge in [-0.25, -0.2) is 9.59 Å². The Kier molecular flexibility index (Phi) is 9.61. The largest absolute Gasteiger partial charge is 0.490 e. The second kappa shape index (κ2) is 12.2. The zero-order valence-electron chi connectivity index (χ0n) is 19.7. The van der Waals surface area contributed by atoms with E-state index in [4.69, 9.17) is 9.90 Å². The van der Waals surface area contributed by atoms with Gasteiger partial charge in [0.2, 0.25) is 0 Å². The van der Waals surface area contributed by atoms with Crippen molar-refractivity contribution in [3.8, 4) is 0 Å². The van der Waals surface area contributed by atoms with Gasteiger partial charge in [0.25, 0.3) is 5.91 Å². The molecule has 3 rings (SSSR count). The highest BCUT2D eigenvalue weighted by molar-refractivity contribution is 7.12. The van der Waals surface area contributed by atoms with Crippen molar-refractivity contribution in [3.05, 3.63) is 63.6 Å². The maximum Gasteiger partial charge on any atom is 0.490 e. The van der Waals surface area contributed by atoms with Crippen LogP contribution in [0.25, 0.3) is 0 Å². The second-order valence-corrected chi connectivity index (χ2v) is 8.58. The van der Waals surface area contributed by atoms with Crippen molar-refractivity contribution in [1.82, 2.24) is 9.78 Å². The molecule has 0 radical (unpaired) electrons. The third-order valence-electron chi connectivity index (χ3n) is 4.70. The number of aliphatic carboxylic acids is 1. The Bertz CT molecular complexity index is 1210. The summed E-state index contributed by atoms with van der Waals surface area (Å²) >= 11 is 1.33. The topological polar surface area (TPSA) is 125 Å². The van der Waals surface area contributed by atoms with Crippen LogP contribution in [0.4, 0.5) is 24.5 Å². The van der Waals surface area contributed by atoms with Gasteiger partial charge in [-0.15, -0.1) is 11.3 Å². The molecule has 0 aliphatic carbocycles. The number of benzene rings is 1. The van der Waals surface area contributed by atoms with E-state index in [0.717, 1.165) is 24.4 Å². The summed E-state index contributed by atoms with van der Waals surface area (Å²) in [6, 6.07) is 10.5. The van der Waals surface area contributed by atoms with E-state index in [1.54, 1.807) is 24.3 Å². The minimum atomic E-state index is -5.08. The third kappa shape index (κ3) is 7.83. The first-order valence-electron chi connectivity index (χ1n) is 10.6. The average molecular weight is 527 g/mol. The van der Waals surface area contributed by atoms with Crippen LogP contribution in [0.15, 0.2) is 41.8 Å². The summed E-state index contributed by atoms with van der Waals surface area (Å²) in [7, 11) is 1.85. The van der Waals surface area contributed by atoms with Gasteiger partial charge in [0.1, 0.15) is 0 Å². The second-order valence-electron chi connectivity index (χ2n) is 7.63. The smallest absolute Gasteiger partial charge is 0.478 e. The molecular weight excluding hydrogens is 501 g/mol. The molecule has 2 aromatic heterocycles. The molecule has 0 unspecified atom stereocenters. The van der Waals surface area contributed by atoms with Crippen molar-refractivity contribution in [1.29, 1.82) is 0 Å². The maximum absolute atomic E-state index is 12.2. The number of carbonyl (C=O) groups is 3. The SMILES string of the molecule is CCCn1nc(C)cc1CN(C)c1ccc(NC(=O)c2cccs2)cc1C(=O)O.O=C(O)C(F)(F)F. The molecular formula is C23H25F3N4O5S. The van der Waals surface area contributed by atoms with Crippen LogP contribution < -0.4 is 10.2 Å². The summed E-state index contributed by atoms with van der Waals surface area (Å²) < 4.78 is 33.7. The molecule has 13 heteroatoms. The molecule has 3 N–H and O–H groups in total. The number of carbonyl (C=O) groups excluding carboxylic acids is 1. The van der Waals surface area contributed by atoms with Gasteiger partial charge in [-0.2, -0.15) is 18.3 Å². The van der Waals surface area contributed by atoms with Crippen molar-refractivity contribution < 1.29 is 37.8 Å². The van der Waals surface area contributed by atoms with Crippen molar-refractivity contribution in [2.45, 2.75) is 39.5 Å². The minimum Gasteiger partial charge on any atom is -0.478 e. The fourth-order valence-corrected chi connectivity index (χ4v) is 3.80. The summed E-state index contributed by atoms with van der Waals surface area (Å²) in [5.41, 5.74) is 3.12. The molecule has 2 heterocycles. The maximum atomic E-state index is 12.2. The van der Waals surface area contributed by atoms with Gasteiger partial charge < -0.3 is 20.4 Å². The zero-order chi connectivity index (χ0) is 27.0. The van der Waals surface area contributed by atoms with E-state index in [1.807, 2.05) is 35.0 Å². The number of carboxylic acids is 2. The molecule has 1 aromatic carbocycles. The van der Waals surface area contributed by atoms with Crippen LogP contribution in [0.2, 0.25) is 0 Å². The van der Waals surface area contributed by atoms with Crippen LogP contribution in [-0.2, 0) is 17.9 Å². The molecule has 0 spiro atoms. The summed E-state index contributed by atoms with van der Waals surface area (Å²) in [6.45, 7) is 5.39. The van der Waals surface area contributed by atoms with Crippen LogP contribution in [0.5, 0.6) is 0 Å². The third-order valence-corrected chi connectivity index (χ3v) is 5.57. The molecule has 0 aliphatic rings. The Morgan fingerprint density at radius 2 is 1.83 bits per heavy atom. The molecule has 0 bridgehead atoms. The number of anilines is 2. The van der Waals surface area contributed by atoms with Crippen LogP contribution >= 0.6 is 11.3 Å². The number of aromatic nitrogens is 2. The van der Waals surface area contributed by atoms with Crippen molar-refractivity contribution in [2.75, 3.05) is 17.3 Å². The molecule has 0 aliphatic heterocycles. The number of amides is 1. The molecule has 36 heavy (non-hydrogen) atoms. The van der Waals surface area contributed by atoms with E-state index in [9.17, 15) is 27.9 Å². The quantitative estimate of drug-likeness (QED) is 0.382. The molecule has 3 aromatic rings. The average Bonchev–Trinajstić information content (AvgIpc) is 3.44. The predicted molar refractivity (Wildman–Crippen MR) is 129 cm³/mol. The lowest BCUT2D eigenvalue weighted by atomic mass is 10.1. The number of alkyl halides is 3. The predicted octanol–water partition coefficient (Wildman–Crippen LogP) is 4.88. The zero-order valence-corrected chi connectivity index (χ0v) is 20.5. The van der Waals surface area contributed by atoms with Gasteiger partial charge in [0, 0.05) is 19.3 Å². The highest BCUT2D eigenvalue weighted by Gasteiger charge is 2.38. The Hall–Kier alpha value is -3.87. The summed E-state index contributed by atoms with van der Waals surface area (Å²) in [4.78, 5) is 35.5. The first-order valence-corrected chi connectivity index (χ1v) is 11.5. The standard InChI is InChI=1S/C21H24N4O3S.C2HF3O2/c1-4-9-25-16(11-14(2)23-25)13-24(3)18-8-7-15(12-17(18)21(27)28)22-20(26)19-6-5-10-29-19;3-2(4,5)1(6)7/h5-8,10-12H,4,9,13H2,1-3H3,(H,22,26)(H,27,28);(H,6,7). The highest BCUT2D eigenvalue weighted by atomic mass is 32.1. The molecule has 0 fully saturated rings. The number of rotatable bonds is 8. The van der Waals surface area contributed by atoms with Crippen LogP contribution in [0, 0.1) is 6.92 Å². The van der Waals surface area contributed by atoms with Crippen LogP contribution in [0.3, 0.4) is 0 Å². The van der Waals surface area contributed by atoms with Crippen molar-refractivity contribution in [3.63, 3.8) is 0 Å². The Balaban J connectivity index is 0.000000572. The van der Waals surface area contributed by atoms with E-state index in [1.165, 1.54) is 17.4 Å². The number of nitrogens with zero attached hydrogens (tertiary/aromatic N) is 3. The first-order chi connectivity index (χ1) is 16.8. The van der Waals surface area contributed by atoms with Gasteiger partial charge in [-0.1, -0.05) is 13.0 Å². The van der Waals surface area contributed by atoms with Gasteiger partial charge in [-0.3, -0.25) is 9.48 Å². The number of aromatic carboxylic acids is 1. The number of thiophene rings is 1.